The Morgan fingerprint density at radius 2 is 1.94 bits per heavy atom. The Balaban J connectivity index is 1.61. The highest BCUT2D eigenvalue weighted by molar-refractivity contribution is 7.94. The van der Waals surface area contributed by atoms with Gasteiger partial charge >= 0.3 is 6.18 Å². The Kier molecular flexibility index (Phi) is 6.82. The van der Waals surface area contributed by atoms with E-state index in [0.717, 1.165) is 36.4 Å². The molecular weight excluding hydrogens is 532 g/mol. The summed E-state index contributed by atoms with van der Waals surface area (Å²) in [6, 6.07) is 9.03. The van der Waals surface area contributed by atoms with Crippen LogP contribution in [-0.2, 0) is 16.2 Å². The summed E-state index contributed by atoms with van der Waals surface area (Å²) in [7, 11) is -4.14. The predicted molar refractivity (Wildman–Crippen MR) is 129 cm³/mol. The van der Waals surface area contributed by atoms with E-state index in [4.69, 9.17) is 27.9 Å². The summed E-state index contributed by atoms with van der Waals surface area (Å²) < 4.78 is 73.6. The Bertz CT molecular complexity index is 1320. The van der Waals surface area contributed by atoms with Gasteiger partial charge in [-0.1, -0.05) is 35.3 Å². The standard InChI is InChI=1S/C22H19Cl2F3N2O3S2/c1-21(7-8-28-12-21)32-18-10-15(5-6-17(18)23)29-34(30,31)20-19(24)16(11-33-20)13-3-2-4-14(9-13)22(25,26)27/h2-6,9-11,28-29H,7-8,12H2,1H3/t21-/m1/s1. The van der Waals surface area contributed by atoms with Gasteiger partial charge in [0, 0.05) is 30.0 Å². The van der Waals surface area contributed by atoms with E-state index in [1.165, 1.54) is 35.7 Å². The second kappa shape index (κ2) is 9.23. The molecule has 5 nitrogen and oxygen atoms in total. The molecule has 0 unspecified atom stereocenters. The molecule has 3 aromatic rings. The van der Waals surface area contributed by atoms with E-state index in [2.05, 4.69) is 10.0 Å². The lowest BCUT2D eigenvalue weighted by Gasteiger charge is -2.25. The van der Waals surface area contributed by atoms with Crippen molar-refractivity contribution in [2.45, 2.75) is 29.3 Å². The van der Waals surface area contributed by atoms with Crippen LogP contribution in [-0.4, -0.2) is 27.1 Å². The van der Waals surface area contributed by atoms with Gasteiger partial charge in [0.1, 0.15) is 11.4 Å². The maximum atomic E-state index is 13.1. The van der Waals surface area contributed by atoms with Gasteiger partial charge in [-0.15, -0.1) is 11.3 Å². The number of hydrogen-bond donors (Lipinski definition) is 2. The maximum Gasteiger partial charge on any atom is 0.416 e. The van der Waals surface area contributed by atoms with E-state index >= 15 is 0 Å². The van der Waals surface area contributed by atoms with Gasteiger partial charge in [-0.05, 0) is 43.3 Å². The average molecular weight is 551 g/mol. The van der Waals surface area contributed by atoms with Crippen molar-refractivity contribution in [3.05, 3.63) is 63.5 Å². The van der Waals surface area contributed by atoms with Crippen LogP contribution in [0.5, 0.6) is 5.75 Å². The molecule has 34 heavy (non-hydrogen) atoms. The second-order valence-corrected chi connectivity index (χ2v) is 11.6. The normalized spacial score (nSPS) is 18.8. The van der Waals surface area contributed by atoms with Gasteiger partial charge in [0.05, 0.1) is 21.3 Å². The molecule has 0 bridgehead atoms. The van der Waals surface area contributed by atoms with Crippen molar-refractivity contribution < 1.29 is 26.3 Å². The van der Waals surface area contributed by atoms with E-state index in [1.807, 2.05) is 6.92 Å². The van der Waals surface area contributed by atoms with Crippen LogP contribution in [0, 0.1) is 0 Å². The molecular formula is C22H19Cl2F3N2O3S2. The molecule has 1 aliphatic heterocycles. The molecule has 1 atom stereocenters. The third-order valence-corrected chi connectivity index (χ3v) is 9.16. The molecule has 1 fully saturated rings. The first-order chi connectivity index (χ1) is 15.9. The zero-order valence-electron chi connectivity index (χ0n) is 17.7. The van der Waals surface area contributed by atoms with Crippen LogP contribution in [0.25, 0.3) is 11.1 Å². The summed E-state index contributed by atoms with van der Waals surface area (Å²) in [6.07, 6.45) is -3.77. The molecule has 12 heteroatoms. The summed E-state index contributed by atoms with van der Waals surface area (Å²) in [4.78, 5) is 0. The molecule has 1 aliphatic rings. The minimum atomic E-state index is -4.53. The zero-order chi connectivity index (χ0) is 24.7. The zero-order valence-corrected chi connectivity index (χ0v) is 20.8. The van der Waals surface area contributed by atoms with Crippen molar-refractivity contribution in [3.8, 4) is 16.9 Å². The van der Waals surface area contributed by atoms with Crippen molar-refractivity contribution in [2.24, 2.45) is 0 Å². The minimum Gasteiger partial charge on any atom is -0.485 e. The minimum absolute atomic E-state index is 0.160. The van der Waals surface area contributed by atoms with Gasteiger partial charge < -0.3 is 10.1 Å². The van der Waals surface area contributed by atoms with Gasteiger partial charge in [-0.2, -0.15) is 13.2 Å². The van der Waals surface area contributed by atoms with E-state index in [1.54, 1.807) is 0 Å². The highest BCUT2D eigenvalue weighted by atomic mass is 35.5. The fraction of sp³-hybridized carbons (Fsp3) is 0.273. The number of thiophene rings is 1. The van der Waals surface area contributed by atoms with Crippen LogP contribution in [0.2, 0.25) is 10.0 Å². The molecule has 0 amide bonds. The third kappa shape index (κ3) is 5.31. The molecule has 4 rings (SSSR count). The summed E-state index contributed by atoms with van der Waals surface area (Å²) in [6.45, 7) is 3.36. The van der Waals surface area contributed by atoms with Crippen LogP contribution in [0.15, 0.2) is 52.1 Å². The number of nitrogens with one attached hydrogen (secondary N) is 2. The fourth-order valence-corrected chi connectivity index (χ4v) is 6.73. The smallest absolute Gasteiger partial charge is 0.416 e. The van der Waals surface area contributed by atoms with E-state index in [9.17, 15) is 21.6 Å². The summed E-state index contributed by atoms with van der Waals surface area (Å²) >= 11 is 13.4. The first kappa shape index (κ1) is 25.1. The summed E-state index contributed by atoms with van der Waals surface area (Å²) in [5.41, 5.74) is -0.760. The molecule has 2 N–H and O–H groups in total. The Labute approximate surface area is 208 Å². The van der Waals surface area contributed by atoms with E-state index < -0.39 is 27.4 Å². The summed E-state index contributed by atoms with van der Waals surface area (Å²) in [5, 5.41) is 4.79. The number of rotatable bonds is 6. The van der Waals surface area contributed by atoms with Gasteiger partial charge in [0.25, 0.3) is 10.0 Å². The number of benzene rings is 2. The van der Waals surface area contributed by atoms with Crippen molar-refractivity contribution in [1.82, 2.24) is 5.32 Å². The number of halogens is 5. The van der Waals surface area contributed by atoms with Gasteiger partial charge in [-0.25, -0.2) is 8.42 Å². The molecule has 0 spiro atoms. The molecule has 1 saturated heterocycles. The molecule has 0 aliphatic carbocycles. The second-order valence-electron chi connectivity index (χ2n) is 8.06. The van der Waals surface area contributed by atoms with Crippen LogP contribution in [0.4, 0.5) is 18.9 Å². The van der Waals surface area contributed by atoms with Crippen molar-refractivity contribution in [3.63, 3.8) is 0 Å². The van der Waals surface area contributed by atoms with Gasteiger partial charge in [0.2, 0.25) is 0 Å². The monoisotopic (exact) mass is 550 g/mol. The Morgan fingerprint density at radius 3 is 2.62 bits per heavy atom. The fourth-order valence-electron chi connectivity index (χ4n) is 3.56. The molecule has 2 heterocycles. The quantitative estimate of drug-likeness (QED) is 0.359. The van der Waals surface area contributed by atoms with E-state index in [-0.39, 0.29) is 26.0 Å². The number of alkyl halides is 3. The highest BCUT2D eigenvalue weighted by Crippen LogP contribution is 2.41. The van der Waals surface area contributed by atoms with E-state index in [0.29, 0.717) is 17.3 Å². The predicted octanol–water partition coefficient (Wildman–Crippen LogP) is 6.67. The van der Waals surface area contributed by atoms with Crippen LogP contribution >= 0.6 is 34.5 Å². The van der Waals surface area contributed by atoms with Crippen molar-refractivity contribution in [2.75, 3.05) is 17.8 Å². The number of sulfonamides is 1. The van der Waals surface area contributed by atoms with Gasteiger partial charge in [-0.3, -0.25) is 4.72 Å². The van der Waals surface area contributed by atoms with Crippen LogP contribution in [0.3, 0.4) is 0 Å². The van der Waals surface area contributed by atoms with Crippen LogP contribution in [0.1, 0.15) is 18.9 Å². The van der Waals surface area contributed by atoms with Crippen LogP contribution < -0.4 is 14.8 Å². The summed E-state index contributed by atoms with van der Waals surface area (Å²) in [5.74, 6) is 0.329. The largest absolute Gasteiger partial charge is 0.485 e. The van der Waals surface area contributed by atoms with Crippen molar-refractivity contribution in [1.29, 1.82) is 0 Å². The first-order valence-corrected chi connectivity index (χ1v) is 13.2. The Hall–Kier alpha value is -1.98. The lowest BCUT2D eigenvalue weighted by Crippen LogP contribution is -2.34. The molecule has 182 valence electrons. The molecule has 0 radical (unpaired) electrons. The molecule has 0 saturated carbocycles. The Morgan fingerprint density at radius 1 is 1.18 bits per heavy atom. The SMILES string of the molecule is C[C@@]1(Oc2cc(NS(=O)(=O)c3scc(-c4cccc(C(F)(F)F)c4)c3Cl)ccc2Cl)CCNC1. The number of hydrogen-bond acceptors (Lipinski definition) is 5. The topological polar surface area (TPSA) is 67.4 Å². The van der Waals surface area contributed by atoms with Gasteiger partial charge in [0.15, 0.2) is 4.21 Å². The number of anilines is 1. The first-order valence-electron chi connectivity index (χ1n) is 10.0. The molecule has 2 aromatic carbocycles. The highest BCUT2D eigenvalue weighted by Gasteiger charge is 2.32. The van der Waals surface area contributed by atoms with Crippen molar-refractivity contribution >= 4 is 50.2 Å². The molecule has 1 aromatic heterocycles. The maximum absolute atomic E-state index is 13.1. The number of ether oxygens (including phenoxy) is 1. The lowest BCUT2D eigenvalue weighted by atomic mass is 10.1. The third-order valence-electron chi connectivity index (χ3n) is 5.31. The lowest BCUT2D eigenvalue weighted by molar-refractivity contribution is -0.137. The average Bonchev–Trinajstić information content (AvgIpc) is 3.36.